The molecule has 0 aliphatic rings. The molecule has 2 amide bonds. The highest BCUT2D eigenvalue weighted by Crippen LogP contribution is 2.35. The summed E-state index contributed by atoms with van der Waals surface area (Å²) in [6, 6.07) is 4.49. The van der Waals surface area contributed by atoms with Crippen LogP contribution in [0, 0.1) is 6.92 Å². The molecule has 8 nitrogen and oxygen atoms in total. The highest BCUT2D eigenvalue weighted by atomic mass is 32.1. The van der Waals surface area contributed by atoms with Crippen molar-refractivity contribution >= 4 is 39.2 Å². The zero-order valence-corrected chi connectivity index (χ0v) is 16.2. The predicted molar refractivity (Wildman–Crippen MR) is 104 cm³/mol. The van der Waals surface area contributed by atoms with Crippen molar-refractivity contribution in [2.75, 3.05) is 19.5 Å². The second-order valence-electron chi connectivity index (χ2n) is 5.92. The number of nitrogens with zero attached hydrogens (tertiary/aromatic N) is 1. The third-order valence-corrected chi connectivity index (χ3v) is 4.85. The molecule has 142 valence electrons. The van der Waals surface area contributed by atoms with Crippen LogP contribution in [0.1, 0.15) is 23.1 Å². The maximum absolute atomic E-state index is 12.5. The van der Waals surface area contributed by atoms with Crippen LogP contribution >= 0.6 is 11.3 Å². The van der Waals surface area contributed by atoms with Crippen LogP contribution in [0.25, 0.3) is 10.9 Å². The summed E-state index contributed by atoms with van der Waals surface area (Å²) in [7, 11) is 3.09. The van der Waals surface area contributed by atoms with Gasteiger partial charge in [-0.1, -0.05) is 0 Å². The van der Waals surface area contributed by atoms with Gasteiger partial charge in [0.05, 0.1) is 25.4 Å². The molecule has 0 bridgehead atoms. The molecule has 3 N–H and O–H groups in total. The lowest BCUT2D eigenvalue weighted by Crippen LogP contribution is -2.41. The average molecular weight is 388 g/mol. The number of fused-ring (bicyclic) bond motifs is 1. The van der Waals surface area contributed by atoms with E-state index in [1.807, 2.05) is 12.3 Å². The summed E-state index contributed by atoms with van der Waals surface area (Å²) >= 11 is 1.33. The van der Waals surface area contributed by atoms with Gasteiger partial charge in [0.2, 0.25) is 5.91 Å². The van der Waals surface area contributed by atoms with E-state index in [9.17, 15) is 9.59 Å². The first kappa shape index (κ1) is 18.7. The number of aromatic nitrogens is 2. The number of thiazole rings is 1. The van der Waals surface area contributed by atoms with Gasteiger partial charge in [-0.15, -0.1) is 11.3 Å². The molecule has 0 saturated carbocycles. The number of aryl methyl sites for hydroxylation is 1. The third kappa shape index (κ3) is 3.87. The lowest BCUT2D eigenvalue weighted by atomic mass is 10.2. The summed E-state index contributed by atoms with van der Waals surface area (Å²) in [6.45, 7) is 3.45. The van der Waals surface area contributed by atoms with Gasteiger partial charge in [-0.2, -0.15) is 0 Å². The number of aromatic amines is 1. The monoisotopic (exact) mass is 388 g/mol. The molecular weight excluding hydrogens is 368 g/mol. The van der Waals surface area contributed by atoms with Crippen molar-refractivity contribution in [3.8, 4) is 11.5 Å². The Balaban J connectivity index is 1.74. The highest BCUT2D eigenvalue weighted by molar-refractivity contribution is 7.13. The number of H-pyrrole nitrogens is 1. The van der Waals surface area contributed by atoms with Crippen LogP contribution in [0.4, 0.5) is 5.13 Å². The quantitative estimate of drug-likeness (QED) is 0.602. The Morgan fingerprint density at radius 1 is 1.26 bits per heavy atom. The summed E-state index contributed by atoms with van der Waals surface area (Å²) < 4.78 is 10.7. The lowest BCUT2D eigenvalue weighted by molar-refractivity contribution is -0.117. The number of nitrogens with one attached hydrogen (secondary N) is 3. The zero-order valence-electron chi connectivity index (χ0n) is 15.4. The molecule has 0 saturated heterocycles. The Morgan fingerprint density at radius 2 is 2.04 bits per heavy atom. The molecule has 27 heavy (non-hydrogen) atoms. The average Bonchev–Trinajstić information content (AvgIpc) is 3.26. The topological polar surface area (TPSA) is 105 Å². The summed E-state index contributed by atoms with van der Waals surface area (Å²) in [5, 5.41) is 8.42. The first-order valence-corrected chi connectivity index (χ1v) is 9.08. The molecular formula is C18H20N4O4S. The molecule has 1 aromatic carbocycles. The van der Waals surface area contributed by atoms with Crippen molar-refractivity contribution in [3.63, 3.8) is 0 Å². The van der Waals surface area contributed by atoms with Gasteiger partial charge in [0.1, 0.15) is 11.7 Å². The maximum atomic E-state index is 12.5. The second kappa shape index (κ2) is 7.67. The molecule has 9 heteroatoms. The van der Waals surface area contributed by atoms with Crippen molar-refractivity contribution in [2.24, 2.45) is 0 Å². The summed E-state index contributed by atoms with van der Waals surface area (Å²) in [5.74, 6) is 0.371. The Kier molecular flexibility index (Phi) is 5.31. The number of hydrogen-bond donors (Lipinski definition) is 3. The second-order valence-corrected chi connectivity index (χ2v) is 6.78. The SMILES string of the molecule is COc1ccc2[nH]c(C(=O)NC(C)C(=O)Nc3nc(C)cs3)cc2c1OC. The number of benzene rings is 1. The van der Waals surface area contributed by atoms with Crippen LogP contribution in [-0.4, -0.2) is 42.0 Å². The number of rotatable bonds is 6. The van der Waals surface area contributed by atoms with Crippen LogP contribution in [-0.2, 0) is 4.79 Å². The molecule has 1 atom stereocenters. The third-order valence-electron chi connectivity index (χ3n) is 3.98. The van der Waals surface area contributed by atoms with Crippen molar-refractivity contribution < 1.29 is 19.1 Å². The molecule has 0 fully saturated rings. The molecule has 0 radical (unpaired) electrons. The van der Waals surface area contributed by atoms with Crippen molar-refractivity contribution in [3.05, 3.63) is 35.0 Å². The van der Waals surface area contributed by atoms with E-state index in [2.05, 4.69) is 20.6 Å². The normalized spacial score (nSPS) is 11.9. The van der Waals surface area contributed by atoms with E-state index in [1.165, 1.54) is 18.4 Å². The first-order valence-electron chi connectivity index (χ1n) is 8.20. The zero-order chi connectivity index (χ0) is 19.6. The van der Waals surface area contributed by atoms with E-state index >= 15 is 0 Å². The molecule has 2 heterocycles. The van der Waals surface area contributed by atoms with Crippen LogP contribution in [0.3, 0.4) is 0 Å². The molecule has 1 unspecified atom stereocenters. The summed E-state index contributed by atoms with van der Waals surface area (Å²) in [6.07, 6.45) is 0. The molecule has 3 aromatic rings. The largest absolute Gasteiger partial charge is 0.493 e. The van der Waals surface area contributed by atoms with Crippen LogP contribution in [0.2, 0.25) is 0 Å². The van der Waals surface area contributed by atoms with E-state index in [4.69, 9.17) is 9.47 Å². The number of carbonyl (C=O) groups is 2. The minimum atomic E-state index is -0.732. The van der Waals surface area contributed by atoms with Gasteiger partial charge in [-0.05, 0) is 32.0 Å². The fourth-order valence-corrected chi connectivity index (χ4v) is 3.31. The number of methoxy groups -OCH3 is 2. The van der Waals surface area contributed by atoms with Crippen molar-refractivity contribution in [1.82, 2.24) is 15.3 Å². The van der Waals surface area contributed by atoms with Gasteiger partial charge in [-0.3, -0.25) is 9.59 Å². The Morgan fingerprint density at radius 3 is 2.67 bits per heavy atom. The highest BCUT2D eigenvalue weighted by Gasteiger charge is 2.20. The maximum Gasteiger partial charge on any atom is 0.268 e. The smallest absolute Gasteiger partial charge is 0.268 e. The lowest BCUT2D eigenvalue weighted by Gasteiger charge is -2.12. The number of carbonyl (C=O) groups excluding carboxylic acids is 2. The van der Waals surface area contributed by atoms with Crippen LogP contribution in [0.15, 0.2) is 23.6 Å². The first-order chi connectivity index (χ1) is 12.9. The van der Waals surface area contributed by atoms with E-state index in [0.29, 0.717) is 22.3 Å². The standard InChI is InChI=1S/C18H20N4O4S/c1-9-8-27-18(19-9)22-16(23)10(2)20-17(24)13-7-11-12(21-13)5-6-14(25-3)15(11)26-4/h5-8,10,21H,1-4H3,(H,20,24)(H,19,22,23). The van der Waals surface area contributed by atoms with Gasteiger partial charge in [0.25, 0.3) is 5.91 Å². The molecule has 0 aliphatic heterocycles. The van der Waals surface area contributed by atoms with Gasteiger partial charge in [0.15, 0.2) is 16.6 Å². The minimum Gasteiger partial charge on any atom is -0.493 e. The van der Waals surface area contributed by atoms with Gasteiger partial charge >= 0.3 is 0 Å². The Bertz CT molecular complexity index is 995. The Labute approximate surface area is 159 Å². The Hall–Kier alpha value is -3.07. The number of hydrogen-bond acceptors (Lipinski definition) is 6. The van der Waals surface area contributed by atoms with E-state index in [1.54, 1.807) is 32.2 Å². The van der Waals surface area contributed by atoms with E-state index in [-0.39, 0.29) is 5.91 Å². The van der Waals surface area contributed by atoms with E-state index < -0.39 is 11.9 Å². The van der Waals surface area contributed by atoms with Crippen molar-refractivity contribution in [2.45, 2.75) is 19.9 Å². The molecule has 2 aromatic heterocycles. The van der Waals surface area contributed by atoms with Crippen molar-refractivity contribution in [1.29, 1.82) is 0 Å². The van der Waals surface area contributed by atoms with E-state index in [0.717, 1.165) is 16.6 Å². The van der Waals surface area contributed by atoms with Crippen LogP contribution in [0.5, 0.6) is 11.5 Å². The summed E-state index contributed by atoms with van der Waals surface area (Å²) in [4.78, 5) is 32.0. The minimum absolute atomic E-state index is 0.321. The fraction of sp³-hybridized carbons (Fsp3) is 0.278. The molecule has 3 rings (SSSR count). The molecule has 0 spiro atoms. The fourth-order valence-electron chi connectivity index (χ4n) is 2.62. The molecule has 0 aliphatic carbocycles. The number of anilines is 1. The van der Waals surface area contributed by atoms with Gasteiger partial charge in [-0.25, -0.2) is 4.98 Å². The predicted octanol–water partition coefficient (Wildman–Crippen LogP) is 2.71. The van der Waals surface area contributed by atoms with Gasteiger partial charge < -0.3 is 25.1 Å². The number of amides is 2. The van der Waals surface area contributed by atoms with Gasteiger partial charge in [0, 0.05) is 10.8 Å². The number of ether oxygens (including phenoxy) is 2. The summed E-state index contributed by atoms with van der Waals surface area (Å²) in [5.41, 5.74) is 1.88. The van der Waals surface area contributed by atoms with Crippen LogP contribution < -0.4 is 20.1 Å².